The molecule has 1 aliphatic rings. The molecule has 0 amide bonds. The molecule has 20 heavy (non-hydrogen) atoms. The summed E-state index contributed by atoms with van der Waals surface area (Å²) in [4.78, 5) is 3.89. The number of ether oxygens (including phenoxy) is 1. The number of hydrogen-bond acceptors (Lipinski definition) is 5. The summed E-state index contributed by atoms with van der Waals surface area (Å²) in [5, 5.41) is 14.1. The van der Waals surface area contributed by atoms with E-state index in [4.69, 9.17) is 10.5 Å². The molecule has 7 heteroatoms. The molecule has 2 aromatic heterocycles. The van der Waals surface area contributed by atoms with E-state index in [1.54, 1.807) is 19.1 Å². The molecule has 1 fully saturated rings. The summed E-state index contributed by atoms with van der Waals surface area (Å²) >= 11 is 0. The summed E-state index contributed by atoms with van der Waals surface area (Å²) < 4.78 is 21.7. The van der Waals surface area contributed by atoms with E-state index in [2.05, 4.69) is 10.1 Å². The van der Waals surface area contributed by atoms with Crippen molar-refractivity contribution >= 4 is 11.3 Å². The number of aliphatic hydroxyl groups is 1. The molecule has 4 atom stereocenters. The summed E-state index contributed by atoms with van der Waals surface area (Å²) in [6.45, 7) is 3.57. The third-order valence-corrected chi connectivity index (χ3v) is 4.12. The number of aliphatic hydroxyl groups excluding tert-OH is 1. The van der Waals surface area contributed by atoms with Crippen LogP contribution in [0.4, 0.5) is 10.2 Å². The molecule has 0 radical (unpaired) electrons. The van der Waals surface area contributed by atoms with Crippen LogP contribution in [-0.4, -0.2) is 37.6 Å². The zero-order valence-corrected chi connectivity index (χ0v) is 11.3. The van der Waals surface area contributed by atoms with Crippen LogP contribution in [0.5, 0.6) is 0 Å². The number of nitrogen functional groups attached to an aromatic ring is 1. The quantitative estimate of drug-likeness (QED) is 0.864. The molecule has 0 unspecified atom stereocenters. The van der Waals surface area contributed by atoms with E-state index in [-0.39, 0.29) is 0 Å². The highest BCUT2D eigenvalue weighted by atomic mass is 19.1. The fourth-order valence-corrected chi connectivity index (χ4v) is 2.63. The van der Waals surface area contributed by atoms with Gasteiger partial charge in [0.1, 0.15) is 24.1 Å². The minimum Gasteiger partial charge on any atom is -0.387 e. The van der Waals surface area contributed by atoms with E-state index < -0.39 is 24.0 Å². The van der Waals surface area contributed by atoms with Crippen molar-refractivity contribution in [2.24, 2.45) is 0 Å². The van der Waals surface area contributed by atoms with Gasteiger partial charge in [0.2, 0.25) is 0 Å². The van der Waals surface area contributed by atoms with Crippen molar-refractivity contribution < 1.29 is 14.2 Å². The van der Waals surface area contributed by atoms with Crippen LogP contribution in [0.3, 0.4) is 0 Å². The van der Waals surface area contributed by atoms with Gasteiger partial charge >= 0.3 is 0 Å². The zero-order valence-electron chi connectivity index (χ0n) is 11.3. The minimum absolute atomic E-state index is 0.318. The second-order valence-electron chi connectivity index (χ2n) is 5.29. The fourth-order valence-electron chi connectivity index (χ4n) is 2.63. The van der Waals surface area contributed by atoms with Gasteiger partial charge in [-0.15, -0.1) is 0 Å². The van der Waals surface area contributed by atoms with Gasteiger partial charge in [0.25, 0.3) is 0 Å². The highest BCUT2D eigenvalue weighted by Gasteiger charge is 2.52. The van der Waals surface area contributed by atoms with Gasteiger partial charge in [-0.3, -0.25) is 0 Å². The Kier molecular flexibility index (Phi) is 2.91. The summed E-state index contributed by atoms with van der Waals surface area (Å²) in [5.74, 6) is 0.318. The molecule has 0 spiro atoms. The van der Waals surface area contributed by atoms with Crippen molar-refractivity contribution in [1.82, 2.24) is 14.6 Å². The molecule has 0 bridgehead atoms. The highest BCUT2D eigenvalue weighted by molar-refractivity contribution is 5.65. The number of rotatable bonds is 2. The number of fused-ring (bicyclic) bond motifs is 1. The van der Waals surface area contributed by atoms with Crippen molar-refractivity contribution in [1.29, 1.82) is 0 Å². The van der Waals surface area contributed by atoms with Crippen LogP contribution in [0.15, 0.2) is 18.5 Å². The molecule has 3 rings (SSSR count). The normalized spacial score (nSPS) is 33.9. The van der Waals surface area contributed by atoms with Gasteiger partial charge in [-0.1, -0.05) is 6.92 Å². The third kappa shape index (κ3) is 1.70. The maximum atomic E-state index is 14.4. The topological polar surface area (TPSA) is 85.7 Å². The van der Waals surface area contributed by atoms with Crippen LogP contribution >= 0.6 is 0 Å². The number of anilines is 1. The Bertz CT molecular complexity index is 646. The molecule has 3 N–H and O–H groups in total. The molecule has 1 aliphatic heterocycles. The van der Waals surface area contributed by atoms with Crippen LogP contribution < -0.4 is 5.73 Å². The molecule has 3 heterocycles. The highest BCUT2D eigenvalue weighted by Crippen LogP contribution is 2.43. The van der Waals surface area contributed by atoms with Crippen molar-refractivity contribution in [3.63, 3.8) is 0 Å². The lowest BCUT2D eigenvalue weighted by molar-refractivity contribution is -0.0738. The Morgan fingerprint density at radius 2 is 2.30 bits per heavy atom. The Hall–Kier alpha value is -1.73. The molecule has 108 valence electrons. The molecule has 0 aliphatic carbocycles. The van der Waals surface area contributed by atoms with Gasteiger partial charge in [-0.25, -0.2) is 13.9 Å². The second-order valence-corrected chi connectivity index (χ2v) is 5.29. The maximum Gasteiger partial charge on any atom is 0.160 e. The van der Waals surface area contributed by atoms with Crippen LogP contribution in [0.2, 0.25) is 0 Å². The van der Waals surface area contributed by atoms with Crippen molar-refractivity contribution in [2.75, 3.05) is 5.73 Å². The molecule has 2 aromatic rings. The lowest BCUT2D eigenvalue weighted by Gasteiger charge is -2.25. The Labute approximate surface area is 115 Å². The van der Waals surface area contributed by atoms with Gasteiger partial charge in [-0.05, 0) is 25.5 Å². The van der Waals surface area contributed by atoms with Crippen LogP contribution in [0.25, 0.3) is 5.52 Å². The maximum absolute atomic E-state index is 14.4. The van der Waals surface area contributed by atoms with E-state index in [0.717, 1.165) is 0 Å². The van der Waals surface area contributed by atoms with Gasteiger partial charge in [0.05, 0.1) is 11.3 Å². The first kappa shape index (κ1) is 13.3. The summed E-state index contributed by atoms with van der Waals surface area (Å²) in [6.07, 6.45) is -1.71. The average molecular weight is 280 g/mol. The van der Waals surface area contributed by atoms with E-state index in [9.17, 15) is 9.50 Å². The largest absolute Gasteiger partial charge is 0.387 e. The number of halogens is 1. The van der Waals surface area contributed by atoms with Crippen molar-refractivity contribution in [3.05, 3.63) is 24.2 Å². The third-order valence-electron chi connectivity index (χ3n) is 4.12. The van der Waals surface area contributed by atoms with Gasteiger partial charge in [0.15, 0.2) is 12.0 Å². The minimum atomic E-state index is -1.51. The average Bonchev–Trinajstić information content (AvgIpc) is 2.96. The Morgan fingerprint density at radius 1 is 1.55 bits per heavy atom. The Balaban J connectivity index is 2.06. The first-order valence-electron chi connectivity index (χ1n) is 6.56. The summed E-state index contributed by atoms with van der Waals surface area (Å²) in [7, 11) is 0. The van der Waals surface area contributed by atoms with Crippen molar-refractivity contribution in [2.45, 2.75) is 44.2 Å². The SMILES string of the molecule is CC[C@@]1(C)O[C@@H](c2ccc3c(N)ncnn23)[C@H](F)[C@@H]1O. The molecular formula is C13H17FN4O2. The predicted molar refractivity (Wildman–Crippen MR) is 70.8 cm³/mol. The molecule has 1 saturated heterocycles. The van der Waals surface area contributed by atoms with Crippen LogP contribution in [-0.2, 0) is 4.74 Å². The summed E-state index contributed by atoms with van der Waals surface area (Å²) in [6, 6.07) is 3.42. The monoisotopic (exact) mass is 280 g/mol. The Morgan fingerprint density at radius 3 is 2.95 bits per heavy atom. The smallest absolute Gasteiger partial charge is 0.160 e. The van der Waals surface area contributed by atoms with Crippen molar-refractivity contribution in [3.8, 4) is 0 Å². The second kappa shape index (κ2) is 4.39. The van der Waals surface area contributed by atoms with E-state index in [0.29, 0.717) is 23.4 Å². The standard InChI is InChI=1S/C13H17FN4O2/c1-3-13(2)11(19)9(14)10(20-13)7-4-5-8-12(15)16-6-17-18(7)8/h4-6,9-11,19H,3H2,1-2H3,(H2,15,16,17)/t9-,10-,11-,13+/m0/s1. The van der Waals surface area contributed by atoms with E-state index in [1.807, 2.05) is 6.92 Å². The first-order chi connectivity index (χ1) is 9.48. The number of nitrogens with two attached hydrogens (primary N) is 1. The molecular weight excluding hydrogens is 263 g/mol. The van der Waals surface area contributed by atoms with E-state index in [1.165, 1.54) is 10.8 Å². The number of aromatic nitrogens is 3. The molecule has 0 aromatic carbocycles. The lowest BCUT2D eigenvalue weighted by atomic mass is 9.94. The first-order valence-corrected chi connectivity index (χ1v) is 6.56. The van der Waals surface area contributed by atoms with E-state index >= 15 is 0 Å². The lowest BCUT2D eigenvalue weighted by Crippen LogP contribution is -2.38. The number of nitrogens with zero attached hydrogens (tertiary/aromatic N) is 3. The number of alkyl halides is 1. The van der Waals surface area contributed by atoms with Crippen LogP contribution in [0.1, 0.15) is 32.1 Å². The van der Waals surface area contributed by atoms with Gasteiger partial charge in [-0.2, -0.15) is 5.10 Å². The molecule has 6 nitrogen and oxygen atoms in total. The summed E-state index contributed by atoms with van der Waals surface area (Å²) in [5.41, 5.74) is 5.98. The zero-order chi connectivity index (χ0) is 14.5. The number of hydrogen-bond donors (Lipinski definition) is 2. The predicted octanol–water partition coefficient (Wildman–Crippen LogP) is 1.25. The van der Waals surface area contributed by atoms with Crippen LogP contribution in [0, 0.1) is 0 Å². The fraction of sp³-hybridized carbons (Fsp3) is 0.538. The van der Waals surface area contributed by atoms with Gasteiger partial charge in [0, 0.05) is 0 Å². The van der Waals surface area contributed by atoms with Gasteiger partial charge < -0.3 is 15.6 Å². The molecule has 0 saturated carbocycles.